The van der Waals surface area contributed by atoms with Crippen LogP contribution in [0.2, 0.25) is 0 Å². The Balaban J connectivity index is 1.55. The third kappa shape index (κ3) is 2.08. The van der Waals surface area contributed by atoms with E-state index >= 15 is 0 Å². The van der Waals surface area contributed by atoms with Crippen LogP contribution in [0, 0.1) is 0 Å². The summed E-state index contributed by atoms with van der Waals surface area (Å²) in [4.78, 5) is 0.895. The summed E-state index contributed by atoms with van der Waals surface area (Å²) in [6.07, 6.45) is 2.44. The Bertz CT molecular complexity index is 698. The minimum atomic E-state index is 0.576. The summed E-state index contributed by atoms with van der Waals surface area (Å²) in [7, 11) is 0. The summed E-state index contributed by atoms with van der Waals surface area (Å²) in [5, 5.41) is 17.4. The maximum absolute atomic E-state index is 4.60. The van der Waals surface area contributed by atoms with E-state index in [2.05, 4.69) is 32.7 Å². The number of hydrogen-bond acceptors (Lipinski definition) is 5. The lowest BCUT2D eigenvalue weighted by Crippen LogP contribution is -2.00. The fraction of sp³-hybridized carbons (Fsp3) is 0.308. The lowest BCUT2D eigenvalue weighted by Gasteiger charge is -2.02. The number of nitrogens with zero attached hydrogens (tertiary/aromatic N) is 4. The van der Waals surface area contributed by atoms with Crippen LogP contribution < -0.4 is 5.32 Å². The molecule has 2 heterocycles. The van der Waals surface area contributed by atoms with Crippen LogP contribution in [0.4, 0.5) is 5.69 Å². The van der Waals surface area contributed by atoms with Crippen LogP contribution >= 0.6 is 11.3 Å². The van der Waals surface area contributed by atoms with Crippen molar-refractivity contribution < 1.29 is 0 Å². The average molecular weight is 271 g/mol. The van der Waals surface area contributed by atoms with Crippen molar-refractivity contribution in [3.63, 3.8) is 0 Å². The van der Waals surface area contributed by atoms with Gasteiger partial charge in [0.25, 0.3) is 0 Å². The number of aromatic nitrogens is 4. The van der Waals surface area contributed by atoms with Gasteiger partial charge in [0, 0.05) is 11.6 Å². The van der Waals surface area contributed by atoms with Crippen molar-refractivity contribution in [2.75, 3.05) is 5.32 Å². The van der Waals surface area contributed by atoms with E-state index in [-0.39, 0.29) is 0 Å². The van der Waals surface area contributed by atoms with Crippen molar-refractivity contribution in [3.8, 4) is 0 Å². The van der Waals surface area contributed by atoms with Crippen molar-refractivity contribution in [2.45, 2.75) is 25.3 Å². The van der Waals surface area contributed by atoms with Crippen LogP contribution in [0.3, 0.4) is 0 Å². The first-order chi connectivity index (χ1) is 9.40. The quantitative estimate of drug-likeness (QED) is 0.792. The van der Waals surface area contributed by atoms with E-state index in [0.717, 1.165) is 28.0 Å². The summed E-state index contributed by atoms with van der Waals surface area (Å²) < 4.78 is 1.91. The highest BCUT2D eigenvalue weighted by Gasteiger charge is 2.29. The lowest BCUT2D eigenvalue weighted by molar-refractivity contribution is 0.807. The first kappa shape index (κ1) is 10.9. The maximum atomic E-state index is 4.60. The molecule has 5 nitrogen and oxygen atoms in total. The molecule has 1 fully saturated rings. The number of nitrogens with one attached hydrogen (secondary N) is 1. The summed E-state index contributed by atoms with van der Waals surface area (Å²) in [5.41, 5.74) is 1.11. The number of benzene rings is 1. The van der Waals surface area contributed by atoms with E-state index < -0.39 is 0 Å². The molecule has 6 heteroatoms. The van der Waals surface area contributed by atoms with Crippen LogP contribution in [0.25, 0.3) is 4.96 Å². The second-order valence-electron chi connectivity index (χ2n) is 4.74. The minimum Gasteiger partial charge on any atom is -0.378 e. The van der Waals surface area contributed by atoms with E-state index in [1.54, 1.807) is 11.3 Å². The highest BCUT2D eigenvalue weighted by atomic mass is 32.1. The standard InChI is InChI=1S/C13H13N5S/c1-2-4-10(5-3-1)14-8-11-17-18-12(9-6-7-9)15-16-13(18)19-11/h1-5,9,14H,6-8H2. The molecule has 0 atom stereocenters. The molecule has 0 amide bonds. The van der Waals surface area contributed by atoms with Crippen molar-refractivity contribution in [2.24, 2.45) is 0 Å². The predicted octanol–water partition coefficient (Wildman–Crippen LogP) is 2.68. The number of para-hydroxylation sites is 1. The molecule has 0 saturated heterocycles. The number of anilines is 1. The Morgan fingerprint density at radius 1 is 1.21 bits per heavy atom. The molecular formula is C13H13N5S. The van der Waals surface area contributed by atoms with Crippen LogP contribution in [0.5, 0.6) is 0 Å². The van der Waals surface area contributed by atoms with Gasteiger partial charge >= 0.3 is 0 Å². The Hall–Kier alpha value is -1.95. The highest BCUT2D eigenvalue weighted by molar-refractivity contribution is 7.16. The van der Waals surface area contributed by atoms with Gasteiger partial charge in [-0.2, -0.15) is 9.61 Å². The molecule has 19 heavy (non-hydrogen) atoms. The zero-order chi connectivity index (χ0) is 12.7. The van der Waals surface area contributed by atoms with Gasteiger partial charge in [0.05, 0.1) is 6.54 Å². The minimum absolute atomic E-state index is 0.576. The zero-order valence-corrected chi connectivity index (χ0v) is 11.1. The maximum Gasteiger partial charge on any atom is 0.234 e. The zero-order valence-electron chi connectivity index (χ0n) is 10.3. The van der Waals surface area contributed by atoms with Crippen molar-refractivity contribution in [1.29, 1.82) is 0 Å². The van der Waals surface area contributed by atoms with Crippen LogP contribution in [0.15, 0.2) is 30.3 Å². The molecule has 1 aromatic carbocycles. The normalized spacial score (nSPS) is 14.9. The highest BCUT2D eigenvalue weighted by Crippen LogP contribution is 2.39. The van der Waals surface area contributed by atoms with E-state index in [1.807, 2.05) is 22.7 Å². The molecule has 1 aliphatic carbocycles. The second kappa shape index (κ2) is 4.31. The summed E-state index contributed by atoms with van der Waals surface area (Å²) >= 11 is 1.60. The van der Waals surface area contributed by atoms with Crippen molar-refractivity contribution >= 4 is 22.0 Å². The molecule has 1 saturated carbocycles. The topological polar surface area (TPSA) is 55.1 Å². The monoisotopic (exact) mass is 271 g/mol. The Morgan fingerprint density at radius 2 is 2.05 bits per heavy atom. The summed E-state index contributed by atoms with van der Waals surface area (Å²) in [6, 6.07) is 10.2. The molecule has 1 aliphatic rings. The first-order valence-electron chi connectivity index (χ1n) is 6.40. The van der Waals surface area contributed by atoms with Gasteiger partial charge in [0.1, 0.15) is 5.01 Å². The molecule has 0 bridgehead atoms. The van der Waals surface area contributed by atoms with E-state index in [1.165, 1.54) is 12.8 Å². The number of rotatable bonds is 4. The number of hydrogen-bond donors (Lipinski definition) is 1. The molecule has 1 N–H and O–H groups in total. The van der Waals surface area contributed by atoms with E-state index in [0.29, 0.717) is 5.92 Å². The van der Waals surface area contributed by atoms with Crippen LogP contribution in [0.1, 0.15) is 29.6 Å². The Labute approximate surface area is 114 Å². The van der Waals surface area contributed by atoms with Gasteiger partial charge in [-0.15, -0.1) is 10.2 Å². The smallest absolute Gasteiger partial charge is 0.234 e. The van der Waals surface area contributed by atoms with Gasteiger partial charge in [-0.25, -0.2) is 0 Å². The molecule has 0 spiro atoms. The molecule has 2 aromatic heterocycles. The van der Waals surface area contributed by atoms with Crippen molar-refractivity contribution in [3.05, 3.63) is 41.2 Å². The molecule has 0 aliphatic heterocycles. The van der Waals surface area contributed by atoms with Crippen LogP contribution in [-0.4, -0.2) is 19.8 Å². The molecule has 96 valence electrons. The SMILES string of the molecule is c1ccc(NCc2nn3c(C4CC4)nnc3s2)cc1. The third-order valence-corrected chi connectivity index (χ3v) is 4.12. The molecule has 0 unspecified atom stereocenters. The van der Waals surface area contributed by atoms with Gasteiger partial charge in [-0.3, -0.25) is 0 Å². The van der Waals surface area contributed by atoms with Gasteiger partial charge < -0.3 is 5.32 Å². The van der Waals surface area contributed by atoms with Gasteiger partial charge in [-0.05, 0) is 25.0 Å². The predicted molar refractivity (Wildman–Crippen MR) is 74.4 cm³/mol. The Morgan fingerprint density at radius 3 is 2.84 bits per heavy atom. The molecule has 3 aromatic rings. The van der Waals surface area contributed by atoms with Crippen molar-refractivity contribution in [1.82, 2.24) is 19.8 Å². The molecule has 4 rings (SSSR count). The van der Waals surface area contributed by atoms with Gasteiger partial charge in [0.2, 0.25) is 4.96 Å². The third-order valence-electron chi connectivity index (χ3n) is 3.22. The fourth-order valence-electron chi connectivity index (χ4n) is 2.07. The van der Waals surface area contributed by atoms with Gasteiger partial charge in [0.15, 0.2) is 5.82 Å². The molecule has 0 radical (unpaired) electrons. The number of fused-ring (bicyclic) bond motifs is 1. The average Bonchev–Trinajstić information content (AvgIpc) is 3.08. The Kier molecular flexibility index (Phi) is 2.48. The van der Waals surface area contributed by atoms with Gasteiger partial charge in [-0.1, -0.05) is 29.5 Å². The first-order valence-corrected chi connectivity index (χ1v) is 7.22. The summed E-state index contributed by atoms with van der Waals surface area (Å²) in [6.45, 7) is 0.724. The molecular weight excluding hydrogens is 258 g/mol. The summed E-state index contributed by atoms with van der Waals surface area (Å²) in [5.74, 6) is 1.60. The largest absolute Gasteiger partial charge is 0.378 e. The fourth-order valence-corrected chi connectivity index (χ4v) is 2.85. The van der Waals surface area contributed by atoms with E-state index in [4.69, 9.17) is 0 Å². The van der Waals surface area contributed by atoms with Crippen LogP contribution in [-0.2, 0) is 6.54 Å². The van der Waals surface area contributed by atoms with E-state index in [9.17, 15) is 0 Å². The lowest BCUT2D eigenvalue weighted by atomic mass is 10.3. The second-order valence-corrected chi connectivity index (χ2v) is 5.78.